The van der Waals surface area contributed by atoms with Crippen LogP contribution in [0.3, 0.4) is 0 Å². The third-order valence-corrected chi connectivity index (χ3v) is 5.20. The summed E-state index contributed by atoms with van der Waals surface area (Å²) in [5.74, 6) is 0.927. The topological polar surface area (TPSA) is 29.9 Å². The molecule has 2 aromatic heterocycles. The first-order chi connectivity index (χ1) is 11.8. The average molecular weight is 396 g/mol. The molecule has 0 aliphatic heterocycles. The normalized spacial score (nSPS) is 10.7. The van der Waals surface area contributed by atoms with Gasteiger partial charge < -0.3 is 5.32 Å². The third-order valence-electron chi connectivity index (χ3n) is 3.62. The van der Waals surface area contributed by atoms with Crippen molar-refractivity contribution in [1.29, 1.82) is 0 Å². The first kappa shape index (κ1) is 15.2. The summed E-state index contributed by atoms with van der Waals surface area (Å²) in [6, 6.07) is 24.4. The van der Waals surface area contributed by atoms with Gasteiger partial charge in [-0.3, -0.25) is 0 Å². The van der Waals surface area contributed by atoms with Gasteiger partial charge in [-0.2, -0.15) is 5.10 Å². The van der Waals surface area contributed by atoms with Crippen molar-refractivity contribution in [2.24, 2.45) is 0 Å². The SMILES string of the molecule is Brc1ccccc1Nc1cc(-c2cccs2)nn1-c1ccccc1. The first-order valence-corrected chi connectivity index (χ1v) is 9.19. The Morgan fingerprint density at radius 3 is 2.46 bits per heavy atom. The highest BCUT2D eigenvalue weighted by atomic mass is 79.9. The smallest absolute Gasteiger partial charge is 0.134 e. The van der Waals surface area contributed by atoms with Crippen molar-refractivity contribution in [2.75, 3.05) is 5.32 Å². The van der Waals surface area contributed by atoms with Gasteiger partial charge in [-0.1, -0.05) is 36.4 Å². The summed E-state index contributed by atoms with van der Waals surface area (Å²) in [5.41, 5.74) is 2.99. The first-order valence-electron chi connectivity index (χ1n) is 7.52. The number of rotatable bonds is 4. The molecule has 4 aromatic rings. The highest BCUT2D eigenvalue weighted by molar-refractivity contribution is 9.10. The number of hydrogen-bond acceptors (Lipinski definition) is 3. The van der Waals surface area contributed by atoms with Gasteiger partial charge in [-0.05, 0) is 51.6 Å². The van der Waals surface area contributed by atoms with Gasteiger partial charge in [-0.15, -0.1) is 11.3 Å². The Hall–Kier alpha value is -2.37. The minimum absolute atomic E-state index is 0.927. The molecule has 24 heavy (non-hydrogen) atoms. The molecule has 3 nitrogen and oxygen atoms in total. The summed E-state index contributed by atoms with van der Waals surface area (Å²) in [6.07, 6.45) is 0. The van der Waals surface area contributed by atoms with Crippen LogP contribution in [0.4, 0.5) is 11.5 Å². The minimum Gasteiger partial charge on any atom is -0.339 e. The van der Waals surface area contributed by atoms with Crippen LogP contribution in [0.5, 0.6) is 0 Å². The summed E-state index contributed by atoms with van der Waals surface area (Å²) in [4.78, 5) is 1.15. The van der Waals surface area contributed by atoms with Crippen molar-refractivity contribution >= 4 is 38.8 Å². The molecule has 0 saturated carbocycles. The zero-order valence-corrected chi connectivity index (χ0v) is 15.1. The van der Waals surface area contributed by atoms with Crippen LogP contribution in [-0.2, 0) is 0 Å². The highest BCUT2D eigenvalue weighted by Gasteiger charge is 2.13. The fraction of sp³-hybridized carbons (Fsp3) is 0. The molecule has 0 spiro atoms. The lowest BCUT2D eigenvalue weighted by Crippen LogP contribution is -2.02. The van der Waals surface area contributed by atoms with Crippen LogP contribution in [0, 0.1) is 0 Å². The molecular weight excluding hydrogens is 382 g/mol. The molecule has 118 valence electrons. The van der Waals surface area contributed by atoms with Gasteiger partial charge in [0.25, 0.3) is 0 Å². The lowest BCUT2D eigenvalue weighted by Gasteiger charge is -2.10. The van der Waals surface area contributed by atoms with Crippen LogP contribution in [-0.4, -0.2) is 9.78 Å². The number of hydrogen-bond donors (Lipinski definition) is 1. The Balaban J connectivity index is 1.81. The van der Waals surface area contributed by atoms with Crippen molar-refractivity contribution in [3.8, 4) is 16.3 Å². The molecular formula is C19H14BrN3S. The van der Waals surface area contributed by atoms with E-state index >= 15 is 0 Å². The Labute approximate surface area is 152 Å². The lowest BCUT2D eigenvalue weighted by atomic mass is 10.3. The van der Waals surface area contributed by atoms with Crippen LogP contribution >= 0.6 is 27.3 Å². The largest absolute Gasteiger partial charge is 0.339 e. The molecule has 0 saturated heterocycles. The van der Waals surface area contributed by atoms with E-state index in [0.29, 0.717) is 0 Å². The summed E-state index contributed by atoms with van der Waals surface area (Å²) >= 11 is 5.28. The Morgan fingerprint density at radius 1 is 0.917 bits per heavy atom. The second kappa shape index (κ2) is 6.63. The maximum absolute atomic E-state index is 4.80. The van der Waals surface area contributed by atoms with Gasteiger partial charge in [0.2, 0.25) is 0 Å². The molecule has 2 aromatic carbocycles. The fourth-order valence-electron chi connectivity index (χ4n) is 2.48. The zero-order valence-electron chi connectivity index (χ0n) is 12.7. The van der Waals surface area contributed by atoms with E-state index in [1.165, 1.54) is 0 Å². The predicted molar refractivity (Wildman–Crippen MR) is 104 cm³/mol. The second-order valence-electron chi connectivity index (χ2n) is 5.24. The van der Waals surface area contributed by atoms with Gasteiger partial charge in [0, 0.05) is 10.5 Å². The van der Waals surface area contributed by atoms with E-state index in [4.69, 9.17) is 5.10 Å². The van der Waals surface area contributed by atoms with Crippen LogP contribution in [0.1, 0.15) is 0 Å². The number of anilines is 2. The molecule has 5 heteroatoms. The number of nitrogens with one attached hydrogen (secondary N) is 1. The Kier molecular flexibility index (Phi) is 4.19. The van der Waals surface area contributed by atoms with E-state index in [0.717, 1.165) is 32.2 Å². The number of benzene rings is 2. The van der Waals surface area contributed by atoms with Gasteiger partial charge in [0.1, 0.15) is 11.5 Å². The van der Waals surface area contributed by atoms with Crippen molar-refractivity contribution in [3.63, 3.8) is 0 Å². The molecule has 0 aliphatic rings. The highest BCUT2D eigenvalue weighted by Crippen LogP contribution is 2.31. The summed E-state index contributed by atoms with van der Waals surface area (Å²) < 4.78 is 2.96. The quantitative estimate of drug-likeness (QED) is 0.451. The second-order valence-corrected chi connectivity index (χ2v) is 7.05. The van der Waals surface area contributed by atoms with Crippen LogP contribution in [0.2, 0.25) is 0 Å². The van der Waals surface area contributed by atoms with E-state index in [-0.39, 0.29) is 0 Å². The lowest BCUT2D eigenvalue weighted by molar-refractivity contribution is 0.893. The monoisotopic (exact) mass is 395 g/mol. The van der Waals surface area contributed by atoms with Gasteiger partial charge >= 0.3 is 0 Å². The molecule has 0 fully saturated rings. The molecule has 0 amide bonds. The number of aromatic nitrogens is 2. The van der Waals surface area contributed by atoms with Crippen LogP contribution in [0.25, 0.3) is 16.3 Å². The van der Waals surface area contributed by atoms with E-state index in [9.17, 15) is 0 Å². The van der Waals surface area contributed by atoms with E-state index in [2.05, 4.69) is 50.9 Å². The maximum atomic E-state index is 4.80. The van der Waals surface area contributed by atoms with Crippen molar-refractivity contribution in [2.45, 2.75) is 0 Å². The molecule has 0 unspecified atom stereocenters. The Morgan fingerprint density at radius 2 is 1.71 bits per heavy atom. The molecule has 4 rings (SSSR count). The number of halogens is 1. The molecule has 0 bridgehead atoms. The summed E-state index contributed by atoms with van der Waals surface area (Å²) in [6.45, 7) is 0. The van der Waals surface area contributed by atoms with Crippen LogP contribution < -0.4 is 5.32 Å². The van der Waals surface area contributed by atoms with Gasteiger partial charge in [0.15, 0.2) is 0 Å². The molecule has 0 atom stereocenters. The summed E-state index contributed by atoms with van der Waals surface area (Å²) in [5, 5.41) is 10.3. The number of thiophene rings is 1. The van der Waals surface area contributed by atoms with Crippen molar-refractivity contribution < 1.29 is 0 Å². The fourth-order valence-corrected chi connectivity index (χ4v) is 3.55. The third kappa shape index (κ3) is 3.00. The van der Waals surface area contributed by atoms with Crippen LogP contribution in [0.15, 0.2) is 82.6 Å². The van der Waals surface area contributed by atoms with Gasteiger partial charge in [0.05, 0.1) is 16.3 Å². The standard InChI is InChI=1S/C19H14BrN3S/c20-15-9-4-5-10-16(15)21-19-13-17(18-11-6-12-24-18)22-23(19)14-7-2-1-3-8-14/h1-13,21H. The van der Waals surface area contributed by atoms with E-state index < -0.39 is 0 Å². The van der Waals surface area contributed by atoms with Crippen molar-refractivity contribution in [1.82, 2.24) is 9.78 Å². The molecule has 1 N–H and O–H groups in total. The number of nitrogens with zero attached hydrogens (tertiary/aromatic N) is 2. The van der Waals surface area contributed by atoms with E-state index in [1.54, 1.807) is 11.3 Å². The van der Waals surface area contributed by atoms with Crippen molar-refractivity contribution in [3.05, 3.63) is 82.6 Å². The maximum Gasteiger partial charge on any atom is 0.134 e. The number of para-hydroxylation sites is 2. The molecule has 0 aliphatic carbocycles. The van der Waals surface area contributed by atoms with E-state index in [1.807, 2.05) is 53.2 Å². The molecule has 0 radical (unpaired) electrons. The summed E-state index contributed by atoms with van der Waals surface area (Å²) in [7, 11) is 0. The molecule has 2 heterocycles. The Bertz CT molecular complexity index is 946. The predicted octanol–water partition coefficient (Wildman–Crippen LogP) is 6.11. The van der Waals surface area contributed by atoms with Gasteiger partial charge in [-0.25, -0.2) is 4.68 Å². The average Bonchev–Trinajstić information content (AvgIpc) is 3.27. The zero-order chi connectivity index (χ0) is 16.4. The minimum atomic E-state index is 0.927.